The van der Waals surface area contributed by atoms with E-state index in [9.17, 15) is 8.42 Å². The molecule has 0 saturated heterocycles. The summed E-state index contributed by atoms with van der Waals surface area (Å²) in [6.07, 6.45) is 1.34. The van der Waals surface area contributed by atoms with E-state index < -0.39 is 10.0 Å². The predicted octanol–water partition coefficient (Wildman–Crippen LogP) is 1.50. The van der Waals surface area contributed by atoms with E-state index in [4.69, 9.17) is 5.73 Å². The molecule has 108 valence electrons. The van der Waals surface area contributed by atoms with E-state index in [1.807, 2.05) is 13.8 Å². The Hall–Kier alpha value is -0.980. The number of nitrogens with one attached hydrogen (secondary N) is 1. The molecule has 1 aromatic rings. The van der Waals surface area contributed by atoms with Gasteiger partial charge in [-0.25, -0.2) is 13.1 Å². The summed E-state index contributed by atoms with van der Waals surface area (Å²) in [6, 6.07) is 3.15. The minimum absolute atomic E-state index is 0.0995. The first-order valence-corrected chi connectivity index (χ1v) is 7.82. The quantitative estimate of drug-likeness (QED) is 0.829. The molecule has 0 unspecified atom stereocenters. The molecule has 0 aliphatic heterocycles. The maximum absolute atomic E-state index is 12.1. The van der Waals surface area contributed by atoms with Crippen molar-refractivity contribution in [3.63, 3.8) is 0 Å². The summed E-state index contributed by atoms with van der Waals surface area (Å²) in [5, 5.41) is 0. The molecule has 1 rings (SSSR count). The Labute approximate surface area is 115 Å². The van der Waals surface area contributed by atoms with Gasteiger partial charge in [-0.05, 0) is 23.5 Å². The molecular formula is C13H23N3O2S. The van der Waals surface area contributed by atoms with Crippen LogP contribution in [0.3, 0.4) is 0 Å². The van der Waals surface area contributed by atoms with Gasteiger partial charge < -0.3 is 5.73 Å². The van der Waals surface area contributed by atoms with Crippen LogP contribution in [0.15, 0.2) is 23.2 Å². The summed E-state index contributed by atoms with van der Waals surface area (Å²) in [6.45, 7) is 8.92. The van der Waals surface area contributed by atoms with Gasteiger partial charge in [0.15, 0.2) is 0 Å². The molecule has 6 heteroatoms. The first-order chi connectivity index (χ1) is 8.69. The molecule has 1 heterocycles. The van der Waals surface area contributed by atoms with Crippen LogP contribution in [-0.2, 0) is 16.6 Å². The van der Waals surface area contributed by atoms with Crippen LogP contribution in [0.4, 0.5) is 0 Å². The minimum Gasteiger partial charge on any atom is -0.325 e. The Bertz CT molecular complexity index is 507. The highest BCUT2D eigenvalue weighted by Crippen LogP contribution is 2.25. The molecule has 0 atom stereocenters. The zero-order valence-electron chi connectivity index (χ0n) is 12.0. The monoisotopic (exact) mass is 285 g/mol. The van der Waals surface area contributed by atoms with Crippen molar-refractivity contribution in [3.8, 4) is 0 Å². The van der Waals surface area contributed by atoms with Crippen LogP contribution in [-0.4, -0.2) is 19.9 Å². The van der Waals surface area contributed by atoms with Crippen molar-refractivity contribution in [2.24, 2.45) is 17.1 Å². The molecule has 1 aromatic heterocycles. The van der Waals surface area contributed by atoms with Crippen molar-refractivity contribution in [1.82, 2.24) is 9.71 Å². The minimum atomic E-state index is -3.51. The smallest absolute Gasteiger partial charge is 0.242 e. The molecule has 0 spiro atoms. The van der Waals surface area contributed by atoms with Crippen LogP contribution >= 0.6 is 0 Å². The largest absolute Gasteiger partial charge is 0.325 e. The number of aromatic nitrogens is 1. The molecule has 5 nitrogen and oxygen atoms in total. The van der Waals surface area contributed by atoms with Crippen LogP contribution in [0.2, 0.25) is 0 Å². The average Bonchev–Trinajstić information content (AvgIpc) is 2.36. The van der Waals surface area contributed by atoms with Crippen molar-refractivity contribution in [3.05, 3.63) is 24.0 Å². The number of hydrogen-bond acceptors (Lipinski definition) is 4. The maximum Gasteiger partial charge on any atom is 0.242 e. The lowest BCUT2D eigenvalue weighted by atomic mass is 9.81. The van der Waals surface area contributed by atoms with Crippen molar-refractivity contribution < 1.29 is 8.42 Å². The third-order valence-corrected chi connectivity index (χ3v) is 4.98. The molecular weight excluding hydrogens is 262 g/mol. The molecule has 0 aliphatic rings. The van der Waals surface area contributed by atoms with Gasteiger partial charge in [0.2, 0.25) is 10.0 Å². The third kappa shape index (κ3) is 4.26. The van der Waals surface area contributed by atoms with Crippen LogP contribution < -0.4 is 10.5 Å². The van der Waals surface area contributed by atoms with Crippen molar-refractivity contribution in [1.29, 1.82) is 0 Å². The predicted molar refractivity (Wildman–Crippen MR) is 75.9 cm³/mol. The highest BCUT2D eigenvalue weighted by molar-refractivity contribution is 7.89. The second kappa shape index (κ2) is 5.98. The van der Waals surface area contributed by atoms with Gasteiger partial charge in [-0.1, -0.05) is 27.7 Å². The van der Waals surface area contributed by atoms with Gasteiger partial charge in [0.1, 0.15) is 4.90 Å². The summed E-state index contributed by atoms with van der Waals surface area (Å²) in [4.78, 5) is 4.17. The van der Waals surface area contributed by atoms with Gasteiger partial charge >= 0.3 is 0 Å². The van der Waals surface area contributed by atoms with Crippen LogP contribution in [0.1, 0.15) is 33.4 Å². The number of nitrogens with zero attached hydrogens (tertiary/aromatic N) is 1. The zero-order valence-corrected chi connectivity index (χ0v) is 12.8. The van der Waals surface area contributed by atoms with Crippen LogP contribution in [0, 0.1) is 11.3 Å². The molecule has 0 aliphatic carbocycles. The number of pyridine rings is 1. The second-order valence-electron chi connectivity index (χ2n) is 5.66. The fourth-order valence-electron chi connectivity index (χ4n) is 1.26. The number of hydrogen-bond donors (Lipinski definition) is 2. The molecule has 3 N–H and O–H groups in total. The van der Waals surface area contributed by atoms with E-state index in [1.54, 1.807) is 6.07 Å². The molecule has 0 saturated carbocycles. The van der Waals surface area contributed by atoms with Crippen molar-refractivity contribution in [2.45, 2.75) is 39.1 Å². The number of rotatable bonds is 6. The second-order valence-corrected chi connectivity index (χ2v) is 7.42. The Morgan fingerprint density at radius 2 is 2.00 bits per heavy atom. The summed E-state index contributed by atoms with van der Waals surface area (Å²) >= 11 is 0. The van der Waals surface area contributed by atoms with Gasteiger partial charge in [0, 0.05) is 19.3 Å². The van der Waals surface area contributed by atoms with E-state index >= 15 is 0 Å². The van der Waals surface area contributed by atoms with E-state index in [0.29, 0.717) is 24.7 Å². The molecule has 0 aromatic carbocycles. The molecule has 0 bridgehead atoms. The molecule has 0 fully saturated rings. The summed E-state index contributed by atoms with van der Waals surface area (Å²) in [5.74, 6) is 0.382. The standard InChI is InChI=1S/C13H23N3O2S/c1-10(2)13(3,4)9-16-19(17,18)12-6-5-11(7-14)15-8-12/h5-6,8,10,16H,7,9,14H2,1-4H3. The van der Waals surface area contributed by atoms with E-state index in [-0.39, 0.29) is 10.3 Å². The topological polar surface area (TPSA) is 85.1 Å². The van der Waals surface area contributed by atoms with Gasteiger partial charge in [-0.2, -0.15) is 0 Å². The average molecular weight is 285 g/mol. The van der Waals surface area contributed by atoms with Crippen molar-refractivity contribution >= 4 is 10.0 Å². The third-order valence-electron chi connectivity index (χ3n) is 3.60. The Morgan fingerprint density at radius 1 is 1.37 bits per heavy atom. The van der Waals surface area contributed by atoms with E-state index in [1.165, 1.54) is 12.3 Å². The lowest BCUT2D eigenvalue weighted by Gasteiger charge is -2.29. The fourth-order valence-corrected chi connectivity index (χ4v) is 2.43. The van der Waals surface area contributed by atoms with Crippen molar-refractivity contribution in [2.75, 3.05) is 6.54 Å². The highest BCUT2D eigenvalue weighted by atomic mass is 32.2. The summed E-state index contributed by atoms with van der Waals surface area (Å²) in [5.41, 5.74) is 6.00. The van der Waals surface area contributed by atoms with Gasteiger partial charge in [0.05, 0.1) is 5.69 Å². The van der Waals surface area contributed by atoms with Gasteiger partial charge in [0.25, 0.3) is 0 Å². The molecule has 0 amide bonds. The Kier molecular flexibility index (Phi) is 5.06. The lowest BCUT2D eigenvalue weighted by Crippen LogP contribution is -2.37. The maximum atomic E-state index is 12.1. The van der Waals surface area contributed by atoms with Crippen LogP contribution in [0.5, 0.6) is 0 Å². The van der Waals surface area contributed by atoms with E-state index in [2.05, 4.69) is 23.6 Å². The first kappa shape index (κ1) is 16.1. The molecule has 19 heavy (non-hydrogen) atoms. The summed E-state index contributed by atoms with van der Waals surface area (Å²) < 4.78 is 26.9. The number of sulfonamides is 1. The lowest BCUT2D eigenvalue weighted by molar-refractivity contribution is 0.252. The zero-order chi connectivity index (χ0) is 14.7. The highest BCUT2D eigenvalue weighted by Gasteiger charge is 2.25. The Morgan fingerprint density at radius 3 is 2.42 bits per heavy atom. The first-order valence-electron chi connectivity index (χ1n) is 6.34. The van der Waals surface area contributed by atoms with E-state index in [0.717, 1.165) is 0 Å². The number of nitrogens with two attached hydrogens (primary N) is 1. The van der Waals surface area contributed by atoms with Crippen LogP contribution in [0.25, 0.3) is 0 Å². The normalized spacial score (nSPS) is 12.9. The molecule has 0 radical (unpaired) electrons. The van der Waals surface area contributed by atoms with Gasteiger partial charge in [-0.3, -0.25) is 4.98 Å². The fraction of sp³-hybridized carbons (Fsp3) is 0.615. The Balaban J connectivity index is 2.81. The summed E-state index contributed by atoms with van der Waals surface area (Å²) in [7, 11) is -3.51. The van der Waals surface area contributed by atoms with Gasteiger partial charge in [-0.15, -0.1) is 0 Å². The SMILES string of the molecule is CC(C)C(C)(C)CNS(=O)(=O)c1ccc(CN)nc1.